The fourth-order valence-corrected chi connectivity index (χ4v) is 0.936. The maximum atomic E-state index is 11.0. The van der Waals surface area contributed by atoms with Crippen LogP contribution in [0.1, 0.15) is 13.8 Å². The van der Waals surface area contributed by atoms with Crippen molar-refractivity contribution in [1.82, 2.24) is 0 Å². The fourth-order valence-electron chi connectivity index (χ4n) is 0.936. The molecule has 2 atom stereocenters. The molecular weight excluding hydrogens is 188 g/mol. The molecule has 5 heteroatoms. The molecule has 1 heterocycles. The van der Waals surface area contributed by atoms with Gasteiger partial charge < -0.3 is 14.2 Å². The monoisotopic (exact) mass is 200 g/mol. The Labute approximate surface area is 81.6 Å². The summed E-state index contributed by atoms with van der Waals surface area (Å²) in [5.41, 5.74) is 0. The quantitative estimate of drug-likeness (QED) is 0.623. The highest BCUT2D eigenvalue weighted by Gasteiger charge is 2.23. The number of hydrogen-bond acceptors (Lipinski definition) is 5. The molecule has 0 aromatic carbocycles. The van der Waals surface area contributed by atoms with Crippen molar-refractivity contribution in [2.75, 3.05) is 6.61 Å². The van der Waals surface area contributed by atoms with Crippen LogP contribution in [0.5, 0.6) is 0 Å². The Morgan fingerprint density at radius 1 is 1.64 bits per heavy atom. The minimum absolute atomic E-state index is 0.145. The first-order valence-corrected chi connectivity index (χ1v) is 4.34. The SMILES string of the molecule is CCOC(=O)O[C@H]1C=CC(=O)[C@@H](C)O1. The molecule has 0 radical (unpaired) electrons. The van der Waals surface area contributed by atoms with Crippen molar-refractivity contribution >= 4 is 11.9 Å². The molecule has 0 fully saturated rings. The molecule has 0 unspecified atom stereocenters. The van der Waals surface area contributed by atoms with Crippen LogP contribution in [0.2, 0.25) is 0 Å². The van der Waals surface area contributed by atoms with Crippen molar-refractivity contribution in [1.29, 1.82) is 0 Å². The molecule has 0 saturated carbocycles. The van der Waals surface area contributed by atoms with Gasteiger partial charge in [0.1, 0.15) is 6.10 Å². The summed E-state index contributed by atoms with van der Waals surface area (Å²) in [6, 6.07) is 0. The first kappa shape index (κ1) is 10.7. The van der Waals surface area contributed by atoms with E-state index in [9.17, 15) is 9.59 Å². The molecule has 0 amide bonds. The smallest absolute Gasteiger partial charge is 0.435 e. The van der Waals surface area contributed by atoms with Gasteiger partial charge in [0, 0.05) is 0 Å². The van der Waals surface area contributed by atoms with E-state index in [1.54, 1.807) is 13.8 Å². The van der Waals surface area contributed by atoms with Crippen molar-refractivity contribution < 1.29 is 23.8 Å². The topological polar surface area (TPSA) is 61.8 Å². The Morgan fingerprint density at radius 2 is 2.36 bits per heavy atom. The highest BCUT2D eigenvalue weighted by atomic mass is 16.8. The van der Waals surface area contributed by atoms with Crippen LogP contribution in [-0.2, 0) is 19.0 Å². The van der Waals surface area contributed by atoms with Crippen molar-refractivity contribution in [3.63, 3.8) is 0 Å². The second kappa shape index (κ2) is 4.76. The van der Waals surface area contributed by atoms with Crippen LogP contribution in [-0.4, -0.2) is 30.9 Å². The summed E-state index contributed by atoms with van der Waals surface area (Å²) in [7, 11) is 0. The van der Waals surface area contributed by atoms with Gasteiger partial charge in [0.05, 0.1) is 6.61 Å². The van der Waals surface area contributed by atoms with Gasteiger partial charge in [-0.1, -0.05) is 0 Å². The van der Waals surface area contributed by atoms with Crippen molar-refractivity contribution in [2.45, 2.75) is 26.2 Å². The lowest BCUT2D eigenvalue weighted by molar-refractivity contribution is -0.150. The first-order valence-electron chi connectivity index (χ1n) is 4.34. The normalized spacial score (nSPS) is 26.0. The summed E-state index contributed by atoms with van der Waals surface area (Å²) in [6.07, 6.45) is 0.488. The van der Waals surface area contributed by atoms with Gasteiger partial charge in [0.15, 0.2) is 5.78 Å². The van der Waals surface area contributed by atoms with E-state index in [2.05, 4.69) is 4.74 Å². The third-order valence-corrected chi connectivity index (χ3v) is 1.63. The van der Waals surface area contributed by atoms with Gasteiger partial charge in [-0.05, 0) is 26.0 Å². The van der Waals surface area contributed by atoms with E-state index in [4.69, 9.17) is 9.47 Å². The Hall–Kier alpha value is -1.36. The van der Waals surface area contributed by atoms with Gasteiger partial charge in [-0.15, -0.1) is 0 Å². The molecule has 0 bridgehead atoms. The van der Waals surface area contributed by atoms with Gasteiger partial charge >= 0.3 is 6.16 Å². The van der Waals surface area contributed by atoms with Gasteiger partial charge in [0.2, 0.25) is 6.29 Å². The van der Waals surface area contributed by atoms with Gasteiger partial charge in [-0.25, -0.2) is 4.79 Å². The Morgan fingerprint density at radius 3 is 2.93 bits per heavy atom. The molecule has 14 heavy (non-hydrogen) atoms. The van der Waals surface area contributed by atoms with Crippen LogP contribution >= 0.6 is 0 Å². The highest BCUT2D eigenvalue weighted by Crippen LogP contribution is 2.10. The van der Waals surface area contributed by atoms with Gasteiger partial charge in [0.25, 0.3) is 0 Å². The predicted molar refractivity (Wildman–Crippen MR) is 46.6 cm³/mol. The van der Waals surface area contributed by atoms with Crippen LogP contribution in [0.4, 0.5) is 4.79 Å². The number of carbonyl (C=O) groups excluding carboxylic acids is 2. The largest absolute Gasteiger partial charge is 0.510 e. The molecule has 0 saturated heterocycles. The van der Waals surface area contributed by atoms with Gasteiger partial charge in [-0.3, -0.25) is 4.79 Å². The maximum absolute atomic E-state index is 11.0. The number of ether oxygens (including phenoxy) is 3. The van der Waals surface area contributed by atoms with Crippen molar-refractivity contribution in [3.8, 4) is 0 Å². The highest BCUT2D eigenvalue weighted by molar-refractivity contribution is 5.93. The molecule has 78 valence electrons. The lowest BCUT2D eigenvalue weighted by Gasteiger charge is -2.21. The summed E-state index contributed by atoms with van der Waals surface area (Å²) in [6.45, 7) is 3.50. The number of rotatable bonds is 2. The van der Waals surface area contributed by atoms with E-state index in [0.717, 1.165) is 0 Å². The molecule has 0 aliphatic carbocycles. The second-order valence-corrected chi connectivity index (χ2v) is 2.71. The second-order valence-electron chi connectivity index (χ2n) is 2.71. The molecule has 1 rings (SSSR count). The maximum Gasteiger partial charge on any atom is 0.510 e. The summed E-state index contributed by atoms with van der Waals surface area (Å²) in [5.74, 6) is -0.145. The van der Waals surface area contributed by atoms with E-state index in [1.165, 1.54) is 12.2 Å². The standard InChI is InChI=1S/C9H12O5/c1-3-12-9(11)14-8-5-4-7(10)6(2)13-8/h4-6,8H,3H2,1-2H3/t6-,8+/m1/s1. The molecule has 1 aliphatic heterocycles. The zero-order valence-corrected chi connectivity index (χ0v) is 8.06. The van der Waals surface area contributed by atoms with Crippen molar-refractivity contribution in [2.24, 2.45) is 0 Å². The number of ketones is 1. The minimum atomic E-state index is -0.832. The van der Waals surface area contributed by atoms with Crippen LogP contribution < -0.4 is 0 Å². The van der Waals surface area contributed by atoms with Gasteiger partial charge in [-0.2, -0.15) is 0 Å². The zero-order valence-electron chi connectivity index (χ0n) is 8.06. The summed E-state index contributed by atoms with van der Waals surface area (Å²) in [4.78, 5) is 21.8. The Bertz CT molecular complexity index is 258. The van der Waals surface area contributed by atoms with E-state index in [1.807, 2.05) is 0 Å². The van der Waals surface area contributed by atoms with Crippen LogP contribution in [0.3, 0.4) is 0 Å². The van der Waals surface area contributed by atoms with E-state index in [-0.39, 0.29) is 12.4 Å². The molecule has 0 N–H and O–H groups in total. The Kier molecular flexibility index (Phi) is 3.64. The summed E-state index contributed by atoms with van der Waals surface area (Å²) < 4.78 is 14.3. The minimum Gasteiger partial charge on any atom is -0.435 e. The molecule has 0 aromatic heterocycles. The number of carbonyl (C=O) groups is 2. The lowest BCUT2D eigenvalue weighted by atomic mass is 10.2. The molecule has 5 nitrogen and oxygen atoms in total. The van der Waals surface area contributed by atoms with Crippen molar-refractivity contribution in [3.05, 3.63) is 12.2 Å². The third kappa shape index (κ3) is 2.85. The molecule has 0 aromatic rings. The molecule has 1 aliphatic rings. The van der Waals surface area contributed by atoms with Crippen LogP contribution in [0.15, 0.2) is 12.2 Å². The van der Waals surface area contributed by atoms with Crippen LogP contribution in [0.25, 0.3) is 0 Å². The third-order valence-electron chi connectivity index (χ3n) is 1.63. The lowest BCUT2D eigenvalue weighted by Crippen LogP contribution is -2.32. The predicted octanol–water partition coefficient (Wildman–Crippen LogP) is 1.03. The fraction of sp³-hybridized carbons (Fsp3) is 0.556. The number of hydrogen-bond donors (Lipinski definition) is 0. The first-order chi connectivity index (χ1) is 6.63. The van der Waals surface area contributed by atoms with E-state index >= 15 is 0 Å². The Balaban J connectivity index is 2.44. The van der Waals surface area contributed by atoms with Crippen LogP contribution in [0, 0.1) is 0 Å². The molecular formula is C9H12O5. The van der Waals surface area contributed by atoms with E-state index in [0.29, 0.717) is 0 Å². The zero-order chi connectivity index (χ0) is 10.6. The summed E-state index contributed by atoms with van der Waals surface area (Å²) >= 11 is 0. The average Bonchev–Trinajstić information content (AvgIpc) is 2.12. The summed E-state index contributed by atoms with van der Waals surface area (Å²) in [5, 5.41) is 0. The molecule has 0 spiro atoms. The van der Waals surface area contributed by atoms with E-state index < -0.39 is 18.5 Å². The average molecular weight is 200 g/mol.